The zero-order valence-corrected chi connectivity index (χ0v) is 14.4. The average Bonchev–Trinajstić information content (AvgIpc) is 2.69. The van der Waals surface area contributed by atoms with Gasteiger partial charge in [0, 0.05) is 12.6 Å². The molecule has 0 bridgehead atoms. The summed E-state index contributed by atoms with van der Waals surface area (Å²) in [6.45, 7) is -0.972. The predicted octanol–water partition coefficient (Wildman–Crippen LogP) is 1.14. The van der Waals surface area contributed by atoms with Crippen molar-refractivity contribution in [1.29, 1.82) is 0 Å². The maximum absolute atomic E-state index is 11.8. The van der Waals surface area contributed by atoms with Crippen LogP contribution in [0, 0.1) is 0 Å². The summed E-state index contributed by atoms with van der Waals surface area (Å²) in [5, 5.41) is 4.69. The highest BCUT2D eigenvalue weighted by Crippen LogP contribution is 2.29. The summed E-state index contributed by atoms with van der Waals surface area (Å²) in [5.74, 6) is -1.04. The van der Waals surface area contributed by atoms with Gasteiger partial charge < -0.3 is 20.1 Å². The van der Waals surface area contributed by atoms with Gasteiger partial charge >= 0.3 is 5.97 Å². The van der Waals surface area contributed by atoms with Crippen molar-refractivity contribution in [3.63, 3.8) is 0 Å². The first-order valence-corrected chi connectivity index (χ1v) is 8.00. The Bertz CT molecular complexity index is 762. The Labute approximate surface area is 151 Å². The van der Waals surface area contributed by atoms with Crippen LogP contribution < -0.4 is 15.4 Å². The molecule has 0 saturated heterocycles. The molecule has 2 N–H and O–H groups in total. The van der Waals surface area contributed by atoms with Crippen molar-refractivity contribution >= 4 is 17.8 Å². The molecule has 0 spiro atoms. The molecule has 2 amide bonds. The van der Waals surface area contributed by atoms with Gasteiger partial charge in [-0.15, -0.1) is 0 Å². The molecule has 0 atom stereocenters. The number of hydrogen-bond acceptors (Lipinski definition) is 5. The lowest BCUT2D eigenvalue weighted by Crippen LogP contribution is -2.37. The molecule has 2 aromatic carbocycles. The number of likely N-dealkylation sites (N-methyl/N-ethyl adjacent to an activating group) is 1. The summed E-state index contributed by atoms with van der Waals surface area (Å²) in [7, 11) is 1.46. The molecule has 2 aromatic rings. The van der Waals surface area contributed by atoms with Gasteiger partial charge in [0.25, 0.3) is 5.91 Å². The van der Waals surface area contributed by atoms with Crippen molar-refractivity contribution in [1.82, 2.24) is 10.6 Å². The summed E-state index contributed by atoms with van der Waals surface area (Å²) in [6, 6.07) is 17.0. The fraction of sp³-hybridized carbons (Fsp3) is 0.211. The first-order valence-electron chi connectivity index (χ1n) is 8.00. The van der Waals surface area contributed by atoms with Crippen molar-refractivity contribution in [3.8, 4) is 16.9 Å². The predicted molar refractivity (Wildman–Crippen MR) is 95.4 cm³/mol. The Hall–Kier alpha value is -3.35. The van der Waals surface area contributed by atoms with Crippen LogP contribution in [0.25, 0.3) is 11.1 Å². The minimum Gasteiger partial charge on any atom is -0.481 e. The number of para-hydroxylation sites is 1. The maximum Gasteiger partial charge on any atom is 0.344 e. The van der Waals surface area contributed by atoms with Crippen LogP contribution in [0.1, 0.15) is 0 Å². The van der Waals surface area contributed by atoms with Crippen molar-refractivity contribution in [2.75, 3.05) is 26.8 Å². The lowest BCUT2D eigenvalue weighted by molar-refractivity contribution is -0.150. The minimum atomic E-state index is -0.678. The molecular weight excluding hydrogens is 336 g/mol. The van der Waals surface area contributed by atoms with Crippen molar-refractivity contribution in [2.45, 2.75) is 0 Å². The van der Waals surface area contributed by atoms with Crippen LogP contribution in [-0.4, -0.2) is 44.6 Å². The van der Waals surface area contributed by atoms with Crippen molar-refractivity contribution in [3.05, 3.63) is 54.6 Å². The minimum absolute atomic E-state index is 0.173. The first kappa shape index (κ1) is 19.0. The summed E-state index contributed by atoms with van der Waals surface area (Å²) < 4.78 is 10.4. The molecule has 7 heteroatoms. The normalized spacial score (nSPS) is 9.88. The second-order valence-electron chi connectivity index (χ2n) is 5.26. The Morgan fingerprint density at radius 1 is 0.885 bits per heavy atom. The fourth-order valence-electron chi connectivity index (χ4n) is 2.09. The summed E-state index contributed by atoms with van der Waals surface area (Å²) >= 11 is 0. The van der Waals surface area contributed by atoms with Crippen LogP contribution in [0.3, 0.4) is 0 Å². The monoisotopic (exact) mass is 356 g/mol. The van der Waals surface area contributed by atoms with E-state index in [0.717, 1.165) is 11.1 Å². The van der Waals surface area contributed by atoms with Crippen LogP contribution in [0.4, 0.5) is 0 Å². The molecule has 2 rings (SSSR count). The standard InChI is InChI=1S/C19H20N2O5/c1-20-17(22)11-21-18(23)12-26-19(24)13-25-16-10-6-5-9-15(16)14-7-3-2-4-8-14/h2-10H,11-13H2,1H3,(H,20,22)(H,21,23). The number of carbonyl (C=O) groups excluding carboxylic acids is 3. The molecule has 0 aliphatic heterocycles. The Kier molecular flexibility index (Phi) is 7.17. The first-order chi connectivity index (χ1) is 12.6. The smallest absolute Gasteiger partial charge is 0.344 e. The molecular formula is C19H20N2O5. The molecule has 26 heavy (non-hydrogen) atoms. The van der Waals surface area contributed by atoms with Crippen molar-refractivity contribution < 1.29 is 23.9 Å². The van der Waals surface area contributed by atoms with Crippen LogP contribution in [0.2, 0.25) is 0 Å². The van der Waals surface area contributed by atoms with E-state index in [1.807, 2.05) is 42.5 Å². The fourth-order valence-corrected chi connectivity index (χ4v) is 2.09. The van der Waals surface area contributed by atoms with Gasteiger partial charge in [-0.3, -0.25) is 9.59 Å². The quantitative estimate of drug-likeness (QED) is 0.692. The lowest BCUT2D eigenvalue weighted by atomic mass is 10.1. The summed E-state index contributed by atoms with van der Waals surface area (Å²) in [6.07, 6.45) is 0. The molecule has 0 heterocycles. The largest absolute Gasteiger partial charge is 0.481 e. The van der Waals surface area contributed by atoms with Crippen LogP contribution in [-0.2, 0) is 19.1 Å². The Morgan fingerprint density at radius 3 is 2.31 bits per heavy atom. The third kappa shape index (κ3) is 5.94. The molecule has 7 nitrogen and oxygen atoms in total. The molecule has 136 valence electrons. The highest BCUT2D eigenvalue weighted by molar-refractivity contribution is 5.86. The second kappa shape index (κ2) is 9.83. The van der Waals surface area contributed by atoms with Gasteiger partial charge in [0.1, 0.15) is 5.75 Å². The molecule has 0 unspecified atom stereocenters. The van der Waals surface area contributed by atoms with Gasteiger partial charge in [0.15, 0.2) is 13.2 Å². The number of carbonyl (C=O) groups is 3. The van der Waals surface area contributed by atoms with Gasteiger partial charge in [-0.2, -0.15) is 0 Å². The van der Waals surface area contributed by atoms with Crippen LogP contribution in [0.15, 0.2) is 54.6 Å². The van der Waals surface area contributed by atoms with E-state index < -0.39 is 18.5 Å². The molecule has 0 saturated carbocycles. The maximum atomic E-state index is 11.8. The highest BCUT2D eigenvalue weighted by Gasteiger charge is 2.11. The topological polar surface area (TPSA) is 93.7 Å². The van der Waals surface area contributed by atoms with E-state index in [1.165, 1.54) is 7.05 Å². The van der Waals surface area contributed by atoms with Gasteiger partial charge in [-0.1, -0.05) is 48.5 Å². The number of hydrogen-bond donors (Lipinski definition) is 2. The Morgan fingerprint density at radius 2 is 1.58 bits per heavy atom. The number of ether oxygens (including phenoxy) is 2. The average molecular weight is 356 g/mol. The molecule has 0 aliphatic carbocycles. The molecule has 0 radical (unpaired) electrons. The van der Waals surface area contributed by atoms with E-state index in [2.05, 4.69) is 10.6 Å². The van der Waals surface area contributed by atoms with E-state index >= 15 is 0 Å². The van der Waals surface area contributed by atoms with E-state index in [4.69, 9.17) is 9.47 Å². The van der Waals surface area contributed by atoms with Gasteiger partial charge in [0.05, 0.1) is 6.54 Å². The third-order valence-corrected chi connectivity index (χ3v) is 3.41. The van der Waals surface area contributed by atoms with Crippen LogP contribution >= 0.6 is 0 Å². The lowest BCUT2D eigenvalue weighted by Gasteiger charge is -2.11. The van der Waals surface area contributed by atoms with Crippen molar-refractivity contribution in [2.24, 2.45) is 0 Å². The van der Waals surface area contributed by atoms with E-state index in [0.29, 0.717) is 5.75 Å². The van der Waals surface area contributed by atoms with E-state index in [1.54, 1.807) is 12.1 Å². The number of benzene rings is 2. The number of rotatable bonds is 8. The van der Waals surface area contributed by atoms with E-state index in [-0.39, 0.29) is 19.1 Å². The van der Waals surface area contributed by atoms with Gasteiger partial charge in [-0.05, 0) is 11.6 Å². The van der Waals surface area contributed by atoms with Gasteiger partial charge in [0.2, 0.25) is 5.91 Å². The summed E-state index contributed by atoms with van der Waals surface area (Å²) in [5.41, 5.74) is 1.81. The zero-order chi connectivity index (χ0) is 18.8. The SMILES string of the molecule is CNC(=O)CNC(=O)COC(=O)COc1ccccc1-c1ccccc1. The second-order valence-corrected chi connectivity index (χ2v) is 5.26. The number of amides is 2. The zero-order valence-electron chi connectivity index (χ0n) is 14.4. The molecule has 0 aliphatic rings. The third-order valence-electron chi connectivity index (χ3n) is 3.41. The van der Waals surface area contributed by atoms with Crippen LogP contribution in [0.5, 0.6) is 5.75 Å². The number of esters is 1. The van der Waals surface area contributed by atoms with E-state index in [9.17, 15) is 14.4 Å². The molecule has 0 fully saturated rings. The highest BCUT2D eigenvalue weighted by atomic mass is 16.6. The Balaban J connectivity index is 1.83. The number of nitrogens with one attached hydrogen (secondary N) is 2. The summed E-state index contributed by atoms with van der Waals surface area (Å²) in [4.78, 5) is 34.2. The molecule has 0 aromatic heterocycles. The van der Waals surface area contributed by atoms with Gasteiger partial charge in [-0.25, -0.2) is 4.79 Å².